The van der Waals surface area contributed by atoms with Gasteiger partial charge in [0.25, 0.3) is 5.56 Å². The molecule has 3 heterocycles. The third kappa shape index (κ3) is 4.54. The molecule has 0 unspecified atom stereocenters. The van der Waals surface area contributed by atoms with Crippen molar-refractivity contribution in [1.29, 1.82) is 0 Å². The average molecular weight is 468 g/mol. The highest BCUT2D eigenvalue weighted by Gasteiger charge is 2.20. The maximum Gasteiger partial charge on any atom is 0.359 e. The zero-order valence-electron chi connectivity index (χ0n) is 19.0. The van der Waals surface area contributed by atoms with Crippen LogP contribution in [-0.2, 0) is 24.4 Å². The minimum absolute atomic E-state index is 0.0696. The Morgan fingerprint density at radius 2 is 1.82 bits per heavy atom. The van der Waals surface area contributed by atoms with Gasteiger partial charge in [-0.05, 0) is 43.2 Å². The summed E-state index contributed by atoms with van der Waals surface area (Å²) in [5.41, 5.74) is 0.187. The van der Waals surface area contributed by atoms with Crippen molar-refractivity contribution in [3.63, 3.8) is 0 Å². The lowest BCUT2D eigenvalue weighted by Gasteiger charge is -2.08. The molecular formula is C23H25FN6O4. The van der Waals surface area contributed by atoms with Gasteiger partial charge in [-0.25, -0.2) is 23.6 Å². The number of imidazole rings is 1. The number of halogens is 1. The SMILES string of the molecule is CCCCn1c(=O)[nH]c(=O)c2c1nc(COC(=O)c1ccn(-c3ccc(F)cc3)n1)n2CCC. The number of hydrogen-bond acceptors (Lipinski definition) is 6. The van der Waals surface area contributed by atoms with Crippen molar-refractivity contribution in [1.82, 2.24) is 28.9 Å². The second-order valence-corrected chi connectivity index (χ2v) is 7.81. The molecule has 4 rings (SSSR count). The number of carbonyl (C=O) groups is 1. The van der Waals surface area contributed by atoms with Gasteiger partial charge < -0.3 is 9.30 Å². The van der Waals surface area contributed by atoms with Crippen LogP contribution in [0.25, 0.3) is 16.9 Å². The second kappa shape index (κ2) is 9.86. The third-order valence-electron chi connectivity index (χ3n) is 5.37. The van der Waals surface area contributed by atoms with Gasteiger partial charge in [-0.15, -0.1) is 0 Å². The summed E-state index contributed by atoms with van der Waals surface area (Å²) in [7, 11) is 0. The van der Waals surface area contributed by atoms with Crippen LogP contribution in [0.15, 0.2) is 46.1 Å². The van der Waals surface area contributed by atoms with E-state index in [-0.39, 0.29) is 29.3 Å². The van der Waals surface area contributed by atoms with Crippen LogP contribution in [-0.4, -0.2) is 34.9 Å². The predicted octanol–water partition coefficient (Wildman–Crippen LogP) is 2.78. The summed E-state index contributed by atoms with van der Waals surface area (Å²) in [5, 5.41) is 4.19. The molecular weight excluding hydrogens is 443 g/mol. The molecule has 0 spiro atoms. The maximum absolute atomic E-state index is 13.1. The lowest BCUT2D eigenvalue weighted by Crippen LogP contribution is -2.31. The predicted molar refractivity (Wildman–Crippen MR) is 122 cm³/mol. The lowest BCUT2D eigenvalue weighted by molar-refractivity contribution is 0.0451. The van der Waals surface area contributed by atoms with Crippen LogP contribution >= 0.6 is 0 Å². The van der Waals surface area contributed by atoms with E-state index >= 15 is 0 Å². The third-order valence-corrected chi connectivity index (χ3v) is 5.37. The van der Waals surface area contributed by atoms with E-state index in [9.17, 15) is 18.8 Å². The number of aromatic amines is 1. The first-order valence-electron chi connectivity index (χ1n) is 11.1. The average Bonchev–Trinajstić information content (AvgIpc) is 3.44. The monoisotopic (exact) mass is 468 g/mol. The first kappa shape index (κ1) is 23.1. The number of carbonyl (C=O) groups excluding carboxylic acids is 1. The van der Waals surface area contributed by atoms with E-state index in [0.29, 0.717) is 31.0 Å². The van der Waals surface area contributed by atoms with E-state index < -0.39 is 17.2 Å². The number of benzene rings is 1. The Morgan fingerprint density at radius 3 is 2.53 bits per heavy atom. The Labute approximate surface area is 193 Å². The quantitative estimate of drug-likeness (QED) is 0.378. The van der Waals surface area contributed by atoms with Gasteiger partial charge in [0.2, 0.25) is 0 Å². The fourth-order valence-electron chi connectivity index (χ4n) is 3.69. The van der Waals surface area contributed by atoms with Gasteiger partial charge in [-0.1, -0.05) is 20.3 Å². The van der Waals surface area contributed by atoms with E-state index in [1.807, 2.05) is 13.8 Å². The molecule has 0 saturated carbocycles. The molecule has 0 aliphatic carbocycles. The van der Waals surface area contributed by atoms with E-state index in [1.165, 1.54) is 27.4 Å². The normalized spacial score (nSPS) is 11.3. The van der Waals surface area contributed by atoms with Crippen molar-refractivity contribution in [3.05, 3.63) is 74.7 Å². The smallest absolute Gasteiger partial charge is 0.359 e. The summed E-state index contributed by atoms with van der Waals surface area (Å²) in [4.78, 5) is 44.4. The highest BCUT2D eigenvalue weighted by molar-refractivity contribution is 5.87. The Kier molecular flexibility index (Phi) is 6.71. The number of unbranched alkanes of at least 4 members (excludes halogenated alkanes) is 1. The van der Waals surface area contributed by atoms with Gasteiger partial charge in [-0.2, -0.15) is 5.10 Å². The van der Waals surface area contributed by atoms with Gasteiger partial charge in [0.05, 0.1) is 5.69 Å². The van der Waals surface area contributed by atoms with Crippen molar-refractivity contribution in [2.45, 2.75) is 52.8 Å². The van der Waals surface area contributed by atoms with E-state index in [4.69, 9.17) is 4.74 Å². The molecule has 1 N–H and O–H groups in total. The first-order valence-corrected chi connectivity index (χ1v) is 11.1. The number of nitrogens with zero attached hydrogens (tertiary/aromatic N) is 5. The molecule has 0 atom stereocenters. The first-order chi connectivity index (χ1) is 16.4. The second-order valence-electron chi connectivity index (χ2n) is 7.81. The Bertz CT molecular complexity index is 1430. The highest BCUT2D eigenvalue weighted by Crippen LogP contribution is 2.15. The summed E-state index contributed by atoms with van der Waals surface area (Å²) in [6.07, 6.45) is 3.91. The summed E-state index contributed by atoms with van der Waals surface area (Å²) in [6, 6.07) is 7.18. The van der Waals surface area contributed by atoms with Crippen LogP contribution in [0, 0.1) is 5.82 Å². The molecule has 0 aliphatic heterocycles. The number of ether oxygens (including phenoxy) is 1. The molecule has 4 aromatic rings. The molecule has 11 heteroatoms. The van der Waals surface area contributed by atoms with Crippen molar-refractivity contribution in [2.75, 3.05) is 0 Å². The Balaban J connectivity index is 1.60. The molecule has 0 saturated heterocycles. The van der Waals surface area contributed by atoms with Gasteiger partial charge in [0, 0.05) is 19.3 Å². The number of rotatable bonds is 9. The van der Waals surface area contributed by atoms with E-state index in [0.717, 1.165) is 12.8 Å². The molecule has 178 valence electrons. The van der Waals surface area contributed by atoms with E-state index in [2.05, 4.69) is 15.1 Å². The van der Waals surface area contributed by atoms with Crippen LogP contribution in [0.5, 0.6) is 0 Å². The van der Waals surface area contributed by atoms with Gasteiger partial charge >= 0.3 is 11.7 Å². The largest absolute Gasteiger partial charge is 0.453 e. The molecule has 3 aromatic heterocycles. The highest BCUT2D eigenvalue weighted by atomic mass is 19.1. The summed E-state index contributed by atoms with van der Waals surface area (Å²) >= 11 is 0. The fourth-order valence-corrected chi connectivity index (χ4v) is 3.69. The minimum Gasteiger partial charge on any atom is -0.453 e. The fraction of sp³-hybridized carbons (Fsp3) is 0.348. The van der Waals surface area contributed by atoms with Crippen LogP contribution in [0.4, 0.5) is 4.39 Å². The molecule has 0 amide bonds. The maximum atomic E-state index is 13.1. The number of esters is 1. The Hall–Kier alpha value is -4.02. The van der Waals surface area contributed by atoms with Gasteiger partial charge in [0.15, 0.2) is 16.9 Å². The molecule has 0 bridgehead atoms. The van der Waals surface area contributed by atoms with Crippen molar-refractivity contribution < 1.29 is 13.9 Å². The number of aromatic nitrogens is 6. The number of aryl methyl sites for hydroxylation is 2. The van der Waals surface area contributed by atoms with Crippen LogP contribution in [0.1, 0.15) is 49.4 Å². The summed E-state index contributed by atoms with van der Waals surface area (Å²) < 4.78 is 23.1. The molecule has 0 radical (unpaired) electrons. The minimum atomic E-state index is -0.673. The molecule has 10 nitrogen and oxygen atoms in total. The zero-order chi connectivity index (χ0) is 24.2. The number of H-pyrrole nitrogens is 1. The molecule has 1 aromatic carbocycles. The van der Waals surface area contributed by atoms with Crippen LogP contribution < -0.4 is 11.2 Å². The lowest BCUT2D eigenvalue weighted by atomic mass is 10.3. The number of nitrogens with one attached hydrogen (secondary N) is 1. The summed E-state index contributed by atoms with van der Waals surface area (Å²) in [6.45, 7) is 4.65. The van der Waals surface area contributed by atoms with Gasteiger partial charge in [-0.3, -0.25) is 14.3 Å². The summed E-state index contributed by atoms with van der Waals surface area (Å²) in [5.74, 6) is -0.678. The zero-order valence-corrected chi connectivity index (χ0v) is 19.0. The molecule has 0 aliphatic rings. The number of fused-ring (bicyclic) bond motifs is 1. The standard InChI is InChI=1S/C23H25FN6O4/c1-3-5-12-29-20-19(21(31)26-23(29)33)28(11-4-2)18(25-20)14-34-22(32)17-10-13-30(27-17)16-8-6-15(24)7-9-16/h6-10,13H,3-5,11-12,14H2,1-2H3,(H,26,31,33). The molecule has 34 heavy (non-hydrogen) atoms. The van der Waals surface area contributed by atoms with Gasteiger partial charge in [0.1, 0.15) is 18.2 Å². The van der Waals surface area contributed by atoms with Crippen molar-refractivity contribution >= 4 is 17.1 Å². The number of hydrogen-bond donors (Lipinski definition) is 1. The molecule has 0 fully saturated rings. The van der Waals surface area contributed by atoms with Crippen molar-refractivity contribution in [3.8, 4) is 5.69 Å². The Morgan fingerprint density at radius 1 is 1.06 bits per heavy atom. The van der Waals surface area contributed by atoms with Crippen LogP contribution in [0.2, 0.25) is 0 Å². The van der Waals surface area contributed by atoms with Crippen LogP contribution in [0.3, 0.4) is 0 Å². The topological polar surface area (TPSA) is 117 Å². The van der Waals surface area contributed by atoms with E-state index in [1.54, 1.807) is 22.9 Å². The van der Waals surface area contributed by atoms with Crippen molar-refractivity contribution in [2.24, 2.45) is 0 Å².